The summed E-state index contributed by atoms with van der Waals surface area (Å²) >= 11 is 2.44. The Bertz CT molecular complexity index is 572. The van der Waals surface area contributed by atoms with E-state index in [0.717, 1.165) is 0 Å². The minimum atomic E-state index is 1.30. The first-order valence-corrected chi connectivity index (χ1v) is 6.79. The van der Waals surface area contributed by atoms with E-state index in [9.17, 15) is 0 Å². The second-order valence-electron chi connectivity index (χ2n) is 3.82. The van der Waals surface area contributed by atoms with Crippen molar-refractivity contribution in [2.75, 3.05) is 0 Å². The van der Waals surface area contributed by atoms with Crippen LogP contribution >= 0.6 is 31.8 Å². The van der Waals surface area contributed by atoms with Crippen molar-refractivity contribution in [3.8, 4) is 0 Å². The first kappa shape index (κ1) is 10.5. The Kier molecular flexibility index (Phi) is 2.61. The molecule has 3 aromatic rings. The van der Waals surface area contributed by atoms with Gasteiger partial charge in [-0.2, -0.15) is 0 Å². The molecule has 3 aromatic carbocycles. The molecule has 0 spiro atoms. The Balaban J connectivity index is 2.67. The smallest absolute Gasteiger partial charge is 0.0287 e. The van der Waals surface area contributed by atoms with Crippen molar-refractivity contribution < 1.29 is 0 Å². The maximum Gasteiger partial charge on any atom is 0.0287 e. The van der Waals surface area contributed by atoms with Crippen LogP contribution in [0.25, 0.3) is 21.5 Å². The van der Waals surface area contributed by atoms with Crippen LogP contribution in [-0.4, -0.2) is 0 Å². The van der Waals surface area contributed by atoms with Gasteiger partial charge in [-0.1, -0.05) is 48.5 Å². The molecular formula is C14H10IP. The number of halogens is 1. The molecule has 0 saturated heterocycles. The van der Waals surface area contributed by atoms with E-state index in [-0.39, 0.29) is 0 Å². The molecule has 0 aromatic heterocycles. The third-order valence-electron chi connectivity index (χ3n) is 2.91. The molecule has 0 radical (unpaired) electrons. The average molecular weight is 336 g/mol. The number of rotatable bonds is 0. The zero-order valence-corrected chi connectivity index (χ0v) is 11.9. The standard InChI is InChI=1S/C14H10IP/c15-13-9-5-1-3-7-11(9)14(16)12-8-4-2-6-10(12)13/h1-8H,16H2. The second-order valence-corrected chi connectivity index (χ2v) is 5.47. The molecular weight excluding hydrogens is 326 g/mol. The van der Waals surface area contributed by atoms with Crippen LogP contribution in [0.4, 0.5) is 0 Å². The lowest BCUT2D eigenvalue weighted by Crippen LogP contribution is -1.98. The van der Waals surface area contributed by atoms with Crippen molar-refractivity contribution >= 4 is 58.7 Å². The van der Waals surface area contributed by atoms with Crippen LogP contribution in [0.1, 0.15) is 0 Å². The first-order valence-electron chi connectivity index (χ1n) is 5.13. The summed E-state index contributed by atoms with van der Waals surface area (Å²) < 4.78 is 1.34. The maximum absolute atomic E-state index is 2.88. The molecule has 1 unspecified atom stereocenters. The van der Waals surface area contributed by atoms with Crippen molar-refractivity contribution in [2.24, 2.45) is 0 Å². The van der Waals surface area contributed by atoms with E-state index in [1.807, 2.05) is 0 Å². The Labute approximate surface area is 110 Å². The zero-order chi connectivity index (χ0) is 11.1. The molecule has 0 bridgehead atoms. The Morgan fingerprint density at radius 1 is 0.688 bits per heavy atom. The van der Waals surface area contributed by atoms with Crippen molar-refractivity contribution in [3.63, 3.8) is 0 Å². The van der Waals surface area contributed by atoms with Gasteiger partial charge >= 0.3 is 0 Å². The number of hydrogen-bond donors (Lipinski definition) is 0. The number of hydrogen-bond acceptors (Lipinski definition) is 0. The van der Waals surface area contributed by atoms with E-state index in [4.69, 9.17) is 0 Å². The van der Waals surface area contributed by atoms with Crippen LogP contribution in [0.3, 0.4) is 0 Å². The van der Waals surface area contributed by atoms with Gasteiger partial charge in [-0.15, -0.1) is 9.24 Å². The molecule has 78 valence electrons. The molecule has 2 heteroatoms. The monoisotopic (exact) mass is 336 g/mol. The minimum absolute atomic E-state index is 1.30. The predicted octanol–water partition coefficient (Wildman–Crippen LogP) is 4.10. The normalized spacial score (nSPS) is 11.1. The molecule has 0 N–H and O–H groups in total. The van der Waals surface area contributed by atoms with Crippen LogP contribution in [0.5, 0.6) is 0 Å². The lowest BCUT2D eigenvalue weighted by atomic mass is 10.0. The number of benzene rings is 3. The summed E-state index contributed by atoms with van der Waals surface area (Å²) in [7, 11) is 2.88. The summed E-state index contributed by atoms with van der Waals surface area (Å²) in [5, 5.41) is 6.64. The van der Waals surface area contributed by atoms with Gasteiger partial charge in [0.25, 0.3) is 0 Å². The van der Waals surface area contributed by atoms with Gasteiger partial charge in [-0.3, -0.25) is 0 Å². The molecule has 0 heterocycles. The third-order valence-corrected chi connectivity index (χ3v) is 4.69. The molecule has 0 aliphatic rings. The zero-order valence-electron chi connectivity index (χ0n) is 8.57. The topological polar surface area (TPSA) is 0 Å². The molecule has 0 amide bonds. The van der Waals surface area contributed by atoms with Gasteiger partial charge in [0.15, 0.2) is 0 Å². The number of fused-ring (bicyclic) bond motifs is 2. The lowest BCUT2D eigenvalue weighted by molar-refractivity contribution is 1.76. The largest absolute Gasteiger partial charge is 0.104 e. The Hall–Kier alpha value is -0.660. The summed E-state index contributed by atoms with van der Waals surface area (Å²) in [6.07, 6.45) is 0. The molecule has 0 aliphatic heterocycles. The summed E-state index contributed by atoms with van der Waals surface area (Å²) in [6.45, 7) is 0. The molecule has 0 aliphatic carbocycles. The van der Waals surface area contributed by atoms with Crippen molar-refractivity contribution in [1.29, 1.82) is 0 Å². The van der Waals surface area contributed by atoms with Crippen molar-refractivity contribution in [1.82, 2.24) is 0 Å². The second kappa shape index (κ2) is 3.97. The van der Waals surface area contributed by atoms with Crippen LogP contribution in [0.15, 0.2) is 48.5 Å². The fourth-order valence-electron chi connectivity index (χ4n) is 2.11. The highest BCUT2D eigenvalue weighted by atomic mass is 127. The fourth-order valence-corrected chi connectivity index (χ4v) is 3.55. The fraction of sp³-hybridized carbons (Fsp3) is 0. The minimum Gasteiger partial charge on any atom is -0.104 e. The van der Waals surface area contributed by atoms with Crippen molar-refractivity contribution in [3.05, 3.63) is 52.1 Å². The lowest BCUT2D eigenvalue weighted by Gasteiger charge is -2.10. The average Bonchev–Trinajstić information content (AvgIpc) is 2.36. The molecule has 16 heavy (non-hydrogen) atoms. The summed E-state index contributed by atoms with van der Waals surface area (Å²) in [5.74, 6) is 0. The van der Waals surface area contributed by atoms with Gasteiger partial charge in [-0.25, -0.2) is 0 Å². The van der Waals surface area contributed by atoms with Crippen molar-refractivity contribution in [2.45, 2.75) is 0 Å². The SMILES string of the molecule is Pc1c2ccccc2c(I)c2ccccc12. The highest BCUT2D eigenvalue weighted by Gasteiger charge is 2.07. The van der Waals surface area contributed by atoms with Crippen LogP contribution in [0.2, 0.25) is 0 Å². The molecule has 3 rings (SSSR count). The van der Waals surface area contributed by atoms with Gasteiger partial charge in [0.1, 0.15) is 0 Å². The maximum atomic E-state index is 2.88. The summed E-state index contributed by atoms with van der Waals surface area (Å²) in [6, 6.07) is 17.2. The van der Waals surface area contributed by atoms with Gasteiger partial charge in [0.05, 0.1) is 0 Å². The van der Waals surface area contributed by atoms with E-state index in [1.165, 1.54) is 30.4 Å². The van der Waals surface area contributed by atoms with E-state index < -0.39 is 0 Å². The van der Waals surface area contributed by atoms with Crippen LogP contribution < -0.4 is 5.30 Å². The predicted molar refractivity (Wildman–Crippen MR) is 83.5 cm³/mol. The van der Waals surface area contributed by atoms with Gasteiger partial charge in [-0.05, 0) is 49.4 Å². The first-order chi connectivity index (χ1) is 7.79. The van der Waals surface area contributed by atoms with Gasteiger partial charge in [0.2, 0.25) is 0 Å². The van der Waals surface area contributed by atoms with Gasteiger partial charge < -0.3 is 0 Å². The molecule has 0 saturated carbocycles. The molecule has 0 fully saturated rings. The third kappa shape index (κ3) is 1.46. The summed E-state index contributed by atoms with van der Waals surface area (Å²) in [4.78, 5) is 0. The van der Waals surface area contributed by atoms with E-state index in [1.54, 1.807) is 0 Å². The highest BCUT2D eigenvalue weighted by Crippen LogP contribution is 2.29. The Morgan fingerprint density at radius 3 is 1.50 bits per heavy atom. The van der Waals surface area contributed by atoms with E-state index in [0.29, 0.717) is 0 Å². The Morgan fingerprint density at radius 2 is 1.06 bits per heavy atom. The molecule has 1 atom stereocenters. The van der Waals surface area contributed by atoms with Crippen LogP contribution in [-0.2, 0) is 0 Å². The summed E-state index contributed by atoms with van der Waals surface area (Å²) in [5.41, 5.74) is 0. The quantitative estimate of drug-likeness (QED) is 0.329. The molecule has 0 nitrogen and oxygen atoms in total. The van der Waals surface area contributed by atoms with Gasteiger partial charge in [0, 0.05) is 3.57 Å². The van der Waals surface area contributed by atoms with E-state index in [2.05, 4.69) is 80.4 Å². The van der Waals surface area contributed by atoms with E-state index >= 15 is 0 Å². The van der Waals surface area contributed by atoms with Crippen LogP contribution in [0, 0.1) is 3.57 Å². The highest BCUT2D eigenvalue weighted by molar-refractivity contribution is 14.1.